The molecule has 2 heterocycles. The van der Waals surface area contributed by atoms with Crippen molar-refractivity contribution in [2.45, 2.75) is 10.9 Å². The number of carbonyl (C=O) groups is 3. The average Bonchev–Trinajstić information content (AvgIpc) is 3.14. The van der Waals surface area contributed by atoms with E-state index in [-0.39, 0.29) is 22.9 Å². The Balaban J connectivity index is 1.59. The molecule has 7 nitrogen and oxygen atoms in total. The highest BCUT2D eigenvalue weighted by molar-refractivity contribution is 7.98. The van der Waals surface area contributed by atoms with Crippen LogP contribution in [-0.4, -0.2) is 42.2 Å². The molecular formula is C21H17ClFN3O4S. The smallest absolute Gasteiger partial charge is 0.338 e. The molecule has 2 aromatic rings. The van der Waals surface area contributed by atoms with Crippen molar-refractivity contribution in [1.29, 1.82) is 0 Å². The minimum Gasteiger partial charge on any atom is -0.456 e. The summed E-state index contributed by atoms with van der Waals surface area (Å²) in [5.74, 6) is -1.71. The number of carbonyl (C=O) groups excluding carboxylic acids is 3. The lowest BCUT2D eigenvalue weighted by Gasteiger charge is -2.32. The molecule has 2 aromatic carbocycles. The van der Waals surface area contributed by atoms with Crippen LogP contribution >= 0.6 is 23.4 Å². The Labute approximate surface area is 186 Å². The monoisotopic (exact) mass is 461 g/mol. The van der Waals surface area contributed by atoms with Gasteiger partial charge in [0.15, 0.2) is 0 Å². The number of nitrogens with zero attached hydrogens (tertiary/aromatic N) is 1. The van der Waals surface area contributed by atoms with Crippen molar-refractivity contribution in [3.8, 4) is 0 Å². The molecule has 10 heteroatoms. The fraction of sp³-hybridized carbons (Fsp3) is 0.190. The summed E-state index contributed by atoms with van der Waals surface area (Å²) in [6, 6.07) is 9.81. The van der Waals surface area contributed by atoms with Crippen LogP contribution in [0, 0.1) is 5.82 Å². The summed E-state index contributed by atoms with van der Waals surface area (Å²) >= 11 is 7.56. The fourth-order valence-electron chi connectivity index (χ4n) is 3.45. The quantitative estimate of drug-likeness (QED) is 0.523. The van der Waals surface area contributed by atoms with E-state index in [0.717, 1.165) is 21.4 Å². The van der Waals surface area contributed by atoms with Crippen LogP contribution in [0.15, 0.2) is 58.6 Å². The van der Waals surface area contributed by atoms with Gasteiger partial charge in [-0.05, 0) is 42.2 Å². The summed E-state index contributed by atoms with van der Waals surface area (Å²) in [5.41, 5.74) is 1.43. The number of nitrogens with one attached hydrogen (secondary N) is 2. The van der Waals surface area contributed by atoms with Crippen LogP contribution in [0.3, 0.4) is 0 Å². The summed E-state index contributed by atoms with van der Waals surface area (Å²) in [6.45, 7) is -0.513. The Hall–Kier alpha value is -3.04. The summed E-state index contributed by atoms with van der Waals surface area (Å²) in [4.78, 5) is 39.9. The lowest BCUT2D eigenvalue weighted by Crippen LogP contribution is -2.49. The lowest BCUT2D eigenvalue weighted by molar-refractivity contribution is -0.136. The molecule has 0 unspecified atom stereocenters. The molecule has 4 rings (SSSR count). The molecule has 0 radical (unpaired) electrons. The van der Waals surface area contributed by atoms with E-state index in [1.165, 1.54) is 12.1 Å². The normalized spacial score (nSPS) is 17.9. The van der Waals surface area contributed by atoms with E-state index >= 15 is 0 Å². The van der Waals surface area contributed by atoms with E-state index in [1.807, 2.05) is 30.5 Å². The molecule has 0 saturated heterocycles. The first-order valence-electron chi connectivity index (χ1n) is 9.24. The van der Waals surface area contributed by atoms with Gasteiger partial charge in [-0.2, -0.15) is 0 Å². The summed E-state index contributed by atoms with van der Waals surface area (Å²) < 4.78 is 18.6. The van der Waals surface area contributed by atoms with Crippen LogP contribution in [0.5, 0.6) is 0 Å². The van der Waals surface area contributed by atoms with Gasteiger partial charge in [-0.1, -0.05) is 23.7 Å². The molecular weight excluding hydrogens is 445 g/mol. The Morgan fingerprint density at radius 1 is 1.29 bits per heavy atom. The zero-order valence-electron chi connectivity index (χ0n) is 16.3. The third-order valence-corrected chi connectivity index (χ3v) is 6.02. The third-order valence-electron chi connectivity index (χ3n) is 4.95. The highest BCUT2D eigenvalue weighted by Crippen LogP contribution is 2.35. The third kappa shape index (κ3) is 4.24. The van der Waals surface area contributed by atoms with E-state index in [4.69, 9.17) is 16.3 Å². The van der Waals surface area contributed by atoms with Gasteiger partial charge in [0, 0.05) is 4.90 Å². The van der Waals surface area contributed by atoms with Crippen LogP contribution in [0.2, 0.25) is 5.02 Å². The number of ether oxygens (including phenoxy) is 1. The molecule has 2 aliphatic heterocycles. The Morgan fingerprint density at radius 3 is 2.74 bits per heavy atom. The lowest BCUT2D eigenvalue weighted by atomic mass is 9.96. The number of benzene rings is 2. The molecule has 0 fully saturated rings. The largest absolute Gasteiger partial charge is 0.456 e. The number of esters is 1. The number of hydrogen-bond acceptors (Lipinski definition) is 5. The molecule has 1 atom stereocenters. The SMILES string of the molecule is CSc1ccc([C@@H]2NC(=O)N(CC(=O)Nc3cc(F)ccc3Cl)C3=C2C(=O)OC3)cc1. The maximum Gasteiger partial charge on any atom is 0.338 e. The van der Waals surface area contributed by atoms with Crippen LogP contribution < -0.4 is 10.6 Å². The first kappa shape index (κ1) is 21.2. The van der Waals surface area contributed by atoms with Gasteiger partial charge in [-0.15, -0.1) is 11.8 Å². The van der Waals surface area contributed by atoms with Crippen molar-refractivity contribution in [2.75, 3.05) is 24.7 Å². The minimum atomic E-state index is -0.676. The molecule has 3 amide bonds. The number of halogens is 2. The number of rotatable bonds is 5. The van der Waals surface area contributed by atoms with E-state index in [0.29, 0.717) is 5.70 Å². The predicted molar refractivity (Wildman–Crippen MR) is 114 cm³/mol. The standard InChI is InChI=1S/C21H17ClFN3O4S/c1-31-13-5-2-11(3-6-13)19-18-16(10-30-20(18)28)26(21(29)25-19)9-17(27)24-15-8-12(23)4-7-14(15)22/h2-8,19H,9-10H2,1H3,(H,24,27)(H,25,29)/t19-/m0/s1. The van der Waals surface area contributed by atoms with Crippen molar-refractivity contribution in [2.24, 2.45) is 0 Å². The Bertz CT molecular complexity index is 1110. The maximum absolute atomic E-state index is 13.4. The molecule has 0 spiro atoms. The van der Waals surface area contributed by atoms with E-state index in [1.54, 1.807) is 11.8 Å². The van der Waals surface area contributed by atoms with E-state index in [2.05, 4.69) is 10.6 Å². The van der Waals surface area contributed by atoms with Gasteiger partial charge in [0.2, 0.25) is 5.91 Å². The second-order valence-corrected chi connectivity index (χ2v) is 8.14. The van der Waals surface area contributed by atoms with Crippen molar-refractivity contribution < 1.29 is 23.5 Å². The topological polar surface area (TPSA) is 87.7 Å². The average molecular weight is 462 g/mol. The van der Waals surface area contributed by atoms with E-state index in [9.17, 15) is 18.8 Å². The molecule has 31 heavy (non-hydrogen) atoms. The molecule has 2 N–H and O–H groups in total. The number of amides is 3. The fourth-order valence-corrected chi connectivity index (χ4v) is 4.02. The second-order valence-electron chi connectivity index (χ2n) is 6.85. The van der Waals surface area contributed by atoms with E-state index < -0.39 is 36.3 Å². The minimum absolute atomic E-state index is 0.0868. The van der Waals surface area contributed by atoms with Crippen molar-refractivity contribution in [3.63, 3.8) is 0 Å². The first-order valence-corrected chi connectivity index (χ1v) is 10.8. The molecule has 0 aromatic heterocycles. The van der Waals surface area contributed by atoms with Gasteiger partial charge in [0.05, 0.1) is 28.0 Å². The van der Waals surface area contributed by atoms with Gasteiger partial charge in [0.25, 0.3) is 0 Å². The second kappa shape index (κ2) is 8.60. The zero-order chi connectivity index (χ0) is 22.1. The van der Waals surface area contributed by atoms with Crippen LogP contribution in [0.1, 0.15) is 11.6 Å². The molecule has 160 valence electrons. The number of urea groups is 1. The van der Waals surface area contributed by atoms with Gasteiger partial charge >= 0.3 is 12.0 Å². The van der Waals surface area contributed by atoms with Crippen molar-refractivity contribution >= 4 is 47.0 Å². The zero-order valence-corrected chi connectivity index (χ0v) is 17.8. The molecule has 0 aliphatic carbocycles. The number of thioether (sulfide) groups is 1. The highest BCUT2D eigenvalue weighted by atomic mass is 35.5. The maximum atomic E-state index is 13.4. The van der Waals surface area contributed by atoms with Crippen LogP contribution in [0.25, 0.3) is 0 Å². The summed E-state index contributed by atoms with van der Waals surface area (Å²) in [6.07, 6.45) is 1.95. The first-order chi connectivity index (χ1) is 14.9. The van der Waals surface area contributed by atoms with Crippen LogP contribution in [-0.2, 0) is 14.3 Å². The highest BCUT2D eigenvalue weighted by Gasteiger charge is 2.42. The van der Waals surface area contributed by atoms with Crippen molar-refractivity contribution in [3.05, 3.63) is 70.1 Å². The van der Waals surface area contributed by atoms with Crippen LogP contribution in [0.4, 0.5) is 14.9 Å². The molecule has 0 saturated carbocycles. The van der Waals surface area contributed by atoms with Gasteiger partial charge in [-0.25, -0.2) is 14.0 Å². The van der Waals surface area contributed by atoms with Gasteiger partial charge < -0.3 is 15.4 Å². The summed E-state index contributed by atoms with van der Waals surface area (Å²) in [7, 11) is 0. The Morgan fingerprint density at radius 2 is 2.03 bits per heavy atom. The van der Waals surface area contributed by atoms with Gasteiger partial charge in [0.1, 0.15) is 19.0 Å². The Kier molecular flexibility index (Phi) is 5.88. The van der Waals surface area contributed by atoms with Gasteiger partial charge in [-0.3, -0.25) is 9.69 Å². The summed E-state index contributed by atoms with van der Waals surface area (Å²) in [5, 5.41) is 5.41. The van der Waals surface area contributed by atoms with Crippen molar-refractivity contribution in [1.82, 2.24) is 10.2 Å². The number of hydrogen-bond donors (Lipinski definition) is 2. The number of anilines is 1. The predicted octanol–water partition coefficient (Wildman–Crippen LogP) is 3.72. The molecule has 2 aliphatic rings. The molecule has 0 bridgehead atoms. The number of cyclic esters (lactones) is 1.